The molecule has 0 aromatic heterocycles. The zero-order valence-electron chi connectivity index (χ0n) is 8.46. The van der Waals surface area contributed by atoms with Crippen LogP contribution >= 0.6 is 11.6 Å². The quantitative estimate of drug-likeness (QED) is 0.620. The van der Waals surface area contributed by atoms with Crippen molar-refractivity contribution in [1.82, 2.24) is 0 Å². The van der Waals surface area contributed by atoms with Crippen LogP contribution in [0, 0.1) is 11.3 Å². The van der Waals surface area contributed by atoms with Gasteiger partial charge >= 0.3 is 6.18 Å². The summed E-state index contributed by atoms with van der Waals surface area (Å²) in [6.45, 7) is 0. The first kappa shape index (κ1) is 13.5. The van der Waals surface area contributed by atoms with Gasteiger partial charge in [0.25, 0.3) is 0 Å². The van der Waals surface area contributed by atoms with Crippen LogP contribution in [0.5, 0.6) is 0 Å². The van der Waals surface area contributed by atoms with E-state index in [0.29, 0.717) is 11.8 Å². The number of nitriles is 1. The second-order valence-corrected chi connectivity index (χ2v) is 3.91. The normalized spacial score (nSPS) is 12.9. The molecule has 0 heterocycles. The molecule has 90 valence electrons. The van der Waals surface area contributed by atoms with Crippen molar-refractivity contribution in [1.29, 1.82) is 5.26 Å². The molecule has 0 N–H and O–H groups in total. The molecular weight excluding hydrogens is 255 g/mol. The maximum absolute atomic E-state index is 12.5. The van der Waals surface area contributed by atoms with Crippen LogP contribution in [0.3, 0.4) is 0 Å². The fraction of sp³-hybridized carbons (Fsp3) is 0.273. The molecular formula is C11H7ClF3NO. The Morgan fingerprint density at radius 1 is 1.47 bits per heavy atom. The van der Waals surface area contributed by atoms with Crippen LogP contribution in [0.15, 0.2) is 18.2 Å². The van der Waals surface area contributed by atoms with E-state index in [4.69, 9.17) is 16.9 Å². The van der Waals surface area contributed by atoms with E-state index in [1.54, 1.807) is 0 Å². The fourth-order valence-corrected chi connectivity index (χ4v) is 1.51. The first-order valence-corrected chi connectivity index (χ1v) is 5.01. The van der Waals surface area contributed by atoms with Crippen molar-refractivity contribution >= 4 is 17.9 Å². The molecule has 0 amide bonds. The van der Waals surface area contributed by atoms with E-state index < -0.39 is 22.7 Å². The second-order valence-electron chi connectivity index (χ2n) is 3.35. The molecule has 0 aliphatic rings. The number of alkyl halides is 4. The van der Waals surface area contributed by atoms with E-state index >= 15 is 0 Å². The summed E-state index contributed by atoms with van der Waals surface area (Å²) >= 11 is 5.55. The third-order valence-corrected chi connectivity index (χ3v) is 2.35. The number of carbonyl (C=O) groups is 1. The van der Waals surface area contributed by atoms with Crippen LogP contribution < -0.4 is 0 Å². The standard InChI is InChI=1S/C11H7ClF3NO/c12-9(6-17)4-7-1-2-10(11(13,14)15)8(3-7)5-16/h1-3,6,9H,4H2. The number of aldehydes is 1. The van der Waals surface area contributed by atoms with E-state index in [0.717, 1.165) is 12.1 Å². The number of halogens is 4. The third kappa shape index (κ3) is 3.46. The number of hydrogen-bond donors (Lipinski definition) is 0. The molecule has 1 rings (SSSR count). The van der Waals surface area contributed by atoms with E-state index in [1.807, 2.05) is 0 Å². The predicted octanol–water partition coefficient (Wildman–Crippen LogP) is 2.93. The van der Waals surface area contributed by atoms with Crippen LogP contribution in [-0.4, -0.2) is 11.7 Å². The topological polar surface area (TPSA) is 40.9 Å². The summed E-state index contributed by atoms with van der Waals surface area (Å²) in [5.41, 5.74) is -1.03. The Labute approximate surface area is 101 Å². The molecule has 0 saturated carbocycles. The summed E-state index contributed by atoms with van der Waals surface area (Å²) in [6, 6.07) is 4.61. The van der Waals surface area contributed by atoms with Crippen LogP contribution in [0.2, 0.25) is 0 Å². The molecule has 1 aromatic carbocycles. The van der Waals surface area contributed by atoms with Crippen molar-refractivity contribution in [2.75, 3.05) is 0 Å². The highest BCUT2D eigenvalue weighted by Crippen LogP contribution is 2.32. The number of nitrogens with zero attached hydrogens (tertiary/aromatic N) is 1. The Bertz CT molecular complexity index is 465. The molecule has 1 unspecified atom stereocenters. The lowest BCUT2D eigenvalue weighted by molar-refractivity contribution is -0.137. The first-order valence-electron chi connectivity index (χ1n) is 4.58. The Morgan fingerprint density at radius 3 is 2.59 bits per heavy atom. The Kier molecular flexibility index (Phi) is 4.13. The van der Waals surface area contributed by atoms with Crippen LogP contribution in [-0.2, 0) is 17.4 Å². The zero-order valence-corrected chi connectivity index (χ0v) is 9.22. The molecule has 1 aromatic rings. The lowest BCUT2D eigenvalue weighted by Crippen LogP contribution is -2.10. The molecule has 17 heavy (non-hydrogen) atoms. The maximum Gasteiger partial charge on any atom is 0.417 e. The lowest BCUT2D eigenvalue weighted by atomic mass is 10.0. The van der Waals surface area contributed by atoms with Gasteiger partial charge in [-0.3, -0.25) is 0 Å². The van der Waals surface area contributed by atoms with Gasteiger partial charge in [0.1, 0.15) is 6.29 Å². The fourth-order valence-electron chi connectivity index (χ4n) is 1.33. The molecule has 0 spiro atoms. The summed E-state index contributed by atoms with van der Waals surface area (Å²) in [5.74, 6) is 0. The van der Waals surface area contributed by atoms with Crippen LogP contribution in [0.4, 0.5) is 13.2 Å². The molecule has 0 aliphatic carbocycles. The minimum atomic E-state index is -4.56. The summed E-state index contributed by atoms with van der Waals surface area (Å²) in [4.78, 5) is 10.3. The van der Waals surface area contributed by atoms with Gasteiger partial charge in [0, 0.05) is 0 Å². The second kappa shape index (κ2) is 5.19. The van der Waals surface area contributed by atoms with Crippen LogP contribution in [0.1, 0.15) is 16.7 Å². The average molecular weight is 262 g/mol. The molecule has 0 bridgehead atoms. The molecule has 0 aliphatic heterocycles. The van der Waals surface area contributed by atoms with Crippen molar-refractivity contribution < 1.29 is 18.0 Å². The van der Waals surface area contributed by atoms with E-state index in [-0.39, 0.29) is 6.42 Å². The maximum atomic E-state index is 12.5. The van der Waals surface area contributed by atoms with Gasteiger partial charge in [-0.2, -0.15) is 18.4 Å². The van der Waals surface area contributed by atoms with Crippen molar-refractivity contribution in [3.8, 4) is 6.07 Å². The van der Waals surface area contributed by atoms with Gasteiger partial charge in [-0.05, 0) is 24.1 Å². The number of carbonyl (C=O) groups excluding carboxylic acids is 1. The minimum Gasteiger partial charge on any atom is -0.302 e. The lowest BCUT2D eigenvalue weighted by Gasteiger charge is -2.10. The molecule has 2 nitrogen and oxygen atoms in total. The highest BCUT2D eigenvalue weighted by Gasteiger charge is 2.33. The van der Waals surface area contributed by atoms with E-state index in [9.17, 15) is 18.0 Å². The highest BCUT2D eigenvalue weighted by molar-refractivity contribution is 6.27. The van der Waals surface area contributed by atoms with Gasteiger partial charge < -0.3 is 4.79 Å². The van der Waals surface area contributed by atoms with Gasteiger partial charge in [0.2, 0.25) is 0 Å². The highest BCUT2D eigenvalue weighted by atomic mass is 35.5. The third-order valence-electron chi connectivity index (χ3n) is 2.09. The van der Waals surface area contributed by atoms with Crippen molar-refractivity contribution in [3.05, 3.63) is 34.9 Å². The largest absolute Gasteiger partial charge is 0.417 e. The summed E-state index contributed by atoms with van der Waals surface area (Å²) in [7, 11) is 0. The minimum absolute atomic E-state index is 0.0951. The van der Waals surface area contributed by atoms with Crippen LogP contribution in [0.25, 0.3) is 0 Å². The SMILES string of the molecule is N#Cc1cc(CC(Cl)C=O)ccc1C(F)(F)F. The zero-order chi connectivity index (χ0) is 13.1. The Morgan fingerprint density at radius 2 is 2.12 bits per heavy atom. The summed E-state index contributed by atoms with van der Waals surface area (Å²) < 4.78 is 37.4. The van der Waals surface area contributed by atoms with Crippen molar-refractivity contribution in [2.45, 2.75) is 18.0 Å². The number of rotatable bonds is 3. The van der Waals surface area contributed by atoms with Gasteiger partial charge in [-0.1, -0.05) is 6.07 Å². The molecule has 1 atom stereocenters. The smallest absolute Gasteiger partial charge is 0.302 e. The van der Waals surface area contributed by atoms with Crippen molar-refractivity contribution in [3.63, 3.8) is 0 Å². The summed E-state index contributed by atoms with van der Waals surface area (Å²) in [6.07, 6.45) is -3.97. The van der Waals surface area contributed by atoms with Gasteiger partial charge in [-0.25, -0.2) is 0 Å². The van der Waals surface area contributed by atoms with E-state index in [1.165, 1.54) is 12.1 Å². The van der Waals surface area contributed by atoms with Gasteiger partial charge in [0.15, 0.2) is 0 Å². The molecule has 0 radical (unpaired) electrons. The molecule has 6 heteroatoms. The molecule has 0 fully saturated rings. The van der Waals surface area contributed by atoms with Gasteiger partial charge in [-0.15, -0.1) is 11.6 Å². The Hall–Kier alpha value is -1.54. The molecule has 0 saturated heterocycles. The monoisotopic (exact) mass is 261 g/mol. The van der Waals surface area contributed by atoms with Crippen molar-refractivity contribution in [2.24, 2.45) is 0 Å². The Balaban J connectivity index is 3.10. The predicted molar refractivity (Wildman–Crippen MR) is 55.6 cm³/mol. The number of benzene rings is 1. The summed E-state index contributed by atoms with van der Waals surface area (Å²) in [5, 5.41) is 7.84. The van der Waals surface area contributed by atoms with E-state index in [2.05, 4.69) is 0 Å². The average Bonchev–Trinajstić information content (AvgIpc) is 2.27. The number of hydrogen-bond acceptors (Lipinski definition) is 2. The van der Waals surface area contributed by atoms with Gasteiger partial charge in [0.05, 0.1) is 22.6 Å². The first-order chi connectivity index (χ1) is 7.88.